The SMILES string of the molecule is CCCCCCCCCCCCOc1ccc(C(=O)C=CNCC(O)CNC=CC(=O)c2ccc(OCCCCCCCCCCCC)cc2)cc1. The Morgan fingerprint density at radius 2 is 0.827 bits per heavy atom. The summed E-state index contributed by atoms with van der Waals surface area (Å²) in [6, 6.07) is 14.4. The van der Waals surface area contributed by atoms with E-state index in [0.717, 1.165) is 24.3 Å². The Morgan fingerprint density at radius 1 is 0.519 bits per heavy atom. The van der Waals surface area contributed by atoms with Crippen molar-refractivity contribution in [2.45, 2.75) is 148 Å². The summed E-state index contributed by atoms with van der Waals surface area (Å²) < 4.78 is 11.7. The van der Waals surface area contributed by atoms with Crippen LogP contribution in [0.1, 0.15) is 163 Å². The molecule has 0 heterocycles. The molecule has 0 aromatic heterocycles. The van der Waals surface area contributed by atoms with E-state index in [9.17, 15) is 14.7 Å². The highest BCUT2D eigenvalue weighted by Gasteiger charge is 2.05. The number of ether oxygens (including phenoxy) is 2. The van der Waals surface area contributed by atoms with Gasteiger partial charge in [0.2, 0.25) is 0 Å². The zero-order valence-electron chi connectivity index (χ0n) is 32.6. The van der Waals surface area contributed by atoms with Gasteiger partial charge in [0, 0.05) is 48.8 Å². The molecule has 3 N–H and O–H groups in total. The largest absolute Gasteiger partial charge is 0.494 e. The molecular weight excluding hydrogens is 649 g/mol. The fourth-order valence-electron chi connectivity index (χ4n) is 5.93. The van der Waals surface area contributed by atoms with Gasteiger partial charge in [0.1, 0.15) is 11.5 Å². The van der Waals surface area contributed by atoms with E-state index in [2.05, 4.69) is 24.5 Å². The number of allylic oxidation sites excluding steroid dienone is 2. The number of unbranched alkanes of at least 4 members (excludes halogenated alkanes) is 18. The van der Waals surface area contributed by atoms with E-state index < -0.39 is 6.10 Å². The fraction of sp³-hybridized carbons (Fsp3) is 0.600. The van der Waals surface area contributed by atoms with E-state index >= 15 is 0 Å². The number of hydrogen-bond acceptors (Lipinski definition) is 7. The van der Waals surface area contributed by atoms with Crippen molar-refractivity contribution >= 4 is 11.6 Å². The molecule has 2 aromatic rings. The van der Waals surface area contributed by atoms with Crippen LogP contribution in [0.15, 0.2) is 73.1 Å². The Hall–Kier alpha value is -3.58. The van der Waals surface area contributed by atoms with Gasteiger partial charge in [-0.1, -0.05) is 129 Å². The molecule has 0 saturated heterocycles. The van der Waals surface area contributed by atoms with Gasteiger partial charge in [0.25, 0.3) is 0 Å². The van der Waals surface area contributed by atoms with Crippen molar-refractivity contribution < 1.29 is 24.2 Å². The minimum Gasteiger partial charge on any atom is -0.494 e. The summed E-state index contributed by atoms with van der Waals surface area (Å²) in [5, 5.41) is 16.2. The normalized spacial score (nSPS) is 12.0. The molecule has 0 unspecified atom stereocenters. The zero-order chi connectivity index (χ0) is 37.3. The first-order chi connectivity index (χ1) is 25.5. The second-order valence-corrected chi connectivity index (χ2v) is 14.0. The number of aliphatic hydroxyl groups is 1. The highest BCUT2D eigenvalue weighted by Crippen LogP contribution is 2.16. The third-order valence-corrected chi connectivity index (χ3v) is 9.22. The van der Waals surface area contributed by atoms with Gasteiger partial charge in [-0.05, 0) is 61.4 Å². The average molecular weight is 719 g/mol. The number of benzene rings is 2. The molecular formula is C45H70N2O5. The quantitative estimate of drug-likeness (QED) is 0.0376. The Kier molecular flexibility index (Phi) is 26.6. The van der Waals surface area contributed by atoms with Gasteiger partial charge in [0.05, 0.1) is 19.3 Å². The lowest BCUT2D eigenvalue weighted by Crippen LogP contribution is -2.31. The van der Waals surface area contributed by atoms with E-state index in [4.69, 9.17) is 9.47 Å². The second kappa shape index (κ2) is 31.0. The molecule has 0 atom stereocenters. The van der Waals surface area contributed by atoms with Gasteiger partial charge < -0.3 is 25.2 Å². The fourth-order valence-corrected chi connectivity index (χ4v) is 5.93. The summed E-state index contributed by atoms with van der Waals surface area (Å²) in [6.45, 7) is 6.41. The Balaban J connectivity index is 1.50. The average Bonchev–Trinajstić information content (AvgIpc) is 3.16. The first-order valence-electron chi connectivity index (χ1n) is 20.6. The summed E-state index contributed by atoms with van der Waals surface area (Å²) in [5.41, 5.74) is 1.15. The molecule has 0 aliphatic carbocycles. The summed E-state index contributed by atoms with van der Waals surface area (Å²) in [4.78, 5) is 25.0. The number of nitrogens with one attached hydrogen (secondary N) is 2. The molecule has 0 aliphatic heterocycles. The lowest BCUT2D eigenvalue weighted by molar-refractivity contribution is 0.103. The Bertz CT molecular complexity index is 1130. The topological polar surface area (TPSA) is 96.9 Å². The van der Waals surface area contributed by atoms with Gasteiger partial charge >= 0.3 is 0 Å². The predicted molar refractivity (Wildman–Crippen MR) is 217 cm³/mol. The minimum atomic E-state index is -0.710. The molecule has 0 radical (unpaired) electrons. The highest BCUT2D eigenvalue weighted by molar-refractivity contribution is 6.05. The number of carbonyl (C=O) groups is 2. The zero-order valence-corrected chi connectivity index (χ0v) is 32.6. The van der Waals surface area contributed by atoms with Crippen LogP contribution >= 0.6 is 0 Å². The summed E-state index contributed by atoms with van der Waals surface area (Å²) in [7, 11) is 0. The van der Waals surface area contributed by atoms with Crippen molar-refractivity contribution in [1.82, 2.24) is 10.6 Å². The molecule has 0 saturated carbocycles. The molecule has 2 rings (SSSR count). The Morgan fingerprint density at radius 3 is 1.15 bits per heavy atom. The molecule has 2 aromatic carbocycles. The first kappa shape index (κ1) is 44.6. The van der Waals surface area contributed by atoms with E-state index in [0.29, 0.717) is 24.3 Å². The minimum absolute atomic E-state index is 0.128. The summed E-state index contributed by atoms with van der Waals surface area (Å²) >= 11 is 0. The molecule has 0 spiro atoms. The molecule has 0 fully saturated rings. The van der Waals surface area contributed by atoms with E-state index in [1.54, 1.807) is 36.7 Å². The molecule has 0 aliphatic rings. The predicted octanol–water partition coefficient (Wildman–Crippen LogP) is 10.9. The van der Waals surface area contributed by atoms with Gasteiger partial charge in [-0.3, -0.25) is 9.59 Å². The van der Waals surface area contributed by atoms with Gasteiger partial charge in [-0.15, -0.1) is 0 Å². The van der Waals surface area contributed by atoms with Crippen molar-refractivity contribution in [3.63, 3.8) is 0 Å². The van der Waals surface area contributed by atoms with Crippen molar-refractivity contribution in [1.29, 1.82) is 0 Å². The molecule has 7 nitrogen and oxygen atoms in total. The van der Waals surface area contributed by atoms with E-state index in [1.165, 1.54) is 128 Å². The maximum absolute atomic E-state index is 12.5. The second-order valence-electron chi connectivity index (χ2n) is 14.0. The number of rotatable bonds is 34. The van der Waals surface area contributed by atoms with E-state index in [1.807, 2.05) is 24.3 Å². The van der Waals surface area contributed by atoms with Crippen molar-refractivity contribution in [2.24, 2.45) is 0 Å². The van der Waals surface area contributed by atoms with Gasteiger partial charge in [0.15, 0.2) is 11.6 Å². The number of ketones is 2. The third-order valence-electron chi connectivity index (χ3n) is 9.22. The van der Waals surface area contributed by atoms with Crippen LogP contribution in [0.5, 0.6) is 11.5 Å². The van der Waals surface area contributed by atoms with Gasteiger partial charge in [-0.2, -0.15) is 0 Å². The summed E-state index contributed by atoms with van der Waals surface area (Å²) in [5.74, 6) is 1.30. The monoisotopic (exact) mass is 719 g/mol. The van der Waals surface area contributed by atoms with Crippen molar-refractivity contribution in [3.05, 3.63) is 84.2 Å². The smallest absolute Gasteiger partial charge is 0.187 e. The Labute approximate surface area is 316 Å². The maximum atomic E-state index is 12.5. The van der Waals surface area contributed by atoms with Crippen molar-refractivity contribution in [2.75, 3.05) is 26.3 Å². The first-order valence-corrected chi connectivity index (χ1v) is 20.6. The molecule has 7 heteroatoms. The lowest BCUT2D eigenvalue weighted by atomic mass is 10.1. The van der Waals surface area contributed by atoms with Crippen LogP contribution in [0.4, 0.5) is 0 Å². The van der Waals surface area contributed by atoms with Crippen LogP contribution in [0, 0.1) is 0 Å². The highest BCUT2D eigenvalue weighted by atomic mass is 16.5. The molecule has 0 bridgehead atoms. The van der Waals surface area contributed by atoms with Gasteiger partial charge in [-0.25, -0.2) is 0 Å². The number of aliphatic hydroxyl groups excluding tert-OH is 1. The molecule has 0 amide bonds. The van der Waals surface area contributed by atoms with Crippen molar-refractivity contribution in [3.8, 4) is 11.5 Å². The van der Waals surface area contributed by atoms with Crippen LogP contribution in [0.2, 0.25) is 0 Å². The number of carbonyl (C=O) groups excluding carboxylic acids is 2. The van der Waals surface area contributed by atoms with Crippen LogP contribution < -0.4 is 20.1 Å². The number of hydrogen-bond donors (Lipinski definition) is 3. The lowest BCUT2D eigenvalue weighted by Gasteiger charge is -2.10. The maximum Gasteiger partial charge on any atom is 0.187 e. The van der Waals surface area contributed by atoms with Crippen LogP contribution in [-0.4, -0.2) is 49.1 Å². The molecule has 290 valence electrons. The third kappa shape index (κ3) is 23.1. The van der Waals surface area contributed by atoms with Crippen LogP contribution in [-0.2, 0) is 0 Å². The molecule has 52 heavy (non-hydrogen) atoms. The standard InChI is InChI=1S/C45H70N2O5/c1-3-5-7-9-11-13-15-17-19-21-35-51-42-27-23-39(24-28-42)44(49)31-33-46-37-41(48)38-47-34-32-45(50)40-25-29-43(30-26-40)52-36-22-20-18-16-14-12-10-8-6-4-2/h23-34,41,46-48H,3-22,35-38H2,1-2H3. The summed E-state index contributed by atoms with van der Waals surface area (Å²) in [6.07, 6.45) is 31.2. The van der Waals surface area contributed by atoms with E-state index in [-0.39, 0.29) is 24.7 Å². The van der Waals surface area contributed by atoms with Crippen LogP contribution in [0.25, 0.3) is 0 Å². The van der Waals surface area contributed by atoms with Crippen LogP contribution in [0.3, 0.4) is 0 Å².